The van der Waals surface area contributed by atoms with Gasteiger partial charge < -0.3 is 14.3 Å². The van der Waals surface area contributed by atoms with Crippen molar-refractivity contribution in [1.82, 2.24) is 29.6 Å². The van der Waals surface area contributed by atoms with Crippen LogP contribution in [0.15, 0.2) is 59.3 Å². The third-order valence-electron chi connectivity index (χ3n) is 7.44. The van der Waals surface area contributed by atoms with Crippen LogP contribution in [0.4, 0.5) is 11.6 Å². The lowest BCUT2D eigenvalue weighted by molar-refractivity contribution is 0.0945. The first-order valence-corrected chi connectivity index (χ1v) is 13.7. The molecule has 3 aromatic heterocycles. The second-order valence-electron chi connectivity index (χ2n) is 10.3. The summed E-state index contributed by atoms with van der Waals surface area (Å²) in [5.41, 5.74) is 3.45. The van der Waals surface area contributed by atoms with Crippen molar-refractivity contribution in [3.05, 3.63) is 72.0 Å². The number of carbonyl (C=O) groups excluding carboxylic acids is 1. The highest BCUT2D eigenvalue weighted by atomic mass is 16.5. The summed E-state index contributed by atoms with van der Waals surface area (Å²) in [7, 11) is 0. The summed E-state index contributed by atoms with van der Waals surface area (Å²) >= 11 is 0. The lowest BCUT2D eigenvalue weighted by Crippen LogP contribution is -2.32. The van der Waals surface area contributed by atoms with E-state index in [-0.39, 0.29) is 5.91 Å². The maximum absolute atomic E-state index is 12.9. The molecule has 0 atom stereocenters. The second-order valence-corrected chi connectivity index (χ2v) is 10.3. The fourth-order valence-corrected chi connectivity index (χ4v) is 5.54. The van der Waals surface area contributed by atoms with Crippen LogP contribution in [0.1, 0.15) is 54.7 Å². The normalized spacial score (nSPS) is 14.3. The number of hydrogen-bond donors (Lipinski definition) is 0. The second kappa shape index (κ2) is 10.9. The minimum absolute atomic E-state index is 0.0939. The van der Waals surface area contributed by atoms with Gasteiger partial charge in [0, 0.05) is 49.5 Å². The van der Waals surface area contributed by atoms with E-state index in [0.717, 1.165) is 47.1 Å². The molecule has 39 heavy (non-hydrogen) atoms. The van der Waals surface area contributed by atoms with Crippen molar-refractivity contribution in [3.63, 3.8) is 0 Å². The van der Waals surface area contributed by atoms with Gasteiger partial charge in [-0.3, -0.25) is 9.36 Å². The van der Waals surface area contributed by atoms with Crippen LogP contribution in [-0.4, -0.2) is 61.7 Å². The number of rotatable bonds is 8. The van der Waals surface area contributed by atoms with E-state index in [0.29, 0.717) is 29.7 Å². The molecule has 1 aliphatic rings. The first-order chi connectivity index (χ1) is 19.1. The highest BCUT2D eigenvalue weighted by Gasteiger charge is 2.21. The van der Waals surface area contributed by atoms with Gasteiger partial charge in [0.05, 0.1) is 5.52 Å². The van der Waals surface area contributed by atoms with Gasteiger partial charge in [0.25, 0.3) is 5.95 Å². The standard InChI is InChI=1S/C30H33N7O2/c1-21-32-30(34-39-21)36(17-9-16-35-14-7-4-8-15-35)24-12-13-25-26-20-31-28(18-23-10-5-3-6-11-23)33-29(26)37(22(2)38)27(25)19-24/h3,5-6,10-13,19-20H,4,7-9,14-18H2,1-2H3. The van der Waals surface area contributed by atoms with Gasteiger partial charge in [-0.2, -0.15) is 4.98 Å². The van der Waals surface area contributed by atoms with Crippen LogP contribution in [0.5, 0.6) is 0 Å². The predicted octanol–water partition coefficient (Wildman–Crippen LogP) is 5.54. The molecule has 9 heteroatoms. The SMILES string of the molecule is CC(=O)n1c2cc(N(CCCN3CCCCC3)c3noc(C)n3)ccc2c2cnc(Cc3ccccc3)nc21. The van der Waals surface area contributed by atoms with Crippen LogP contribution < -0.4 is 4.90 Å². The minimum atomic E-state index is -0.0939. The summed E-state index contributed by atoms with van der Waals surface area (Å²) < 4.78 is 7.02. The zero-order valence-electron chi connectivity index (χ0n) is 22.5. The smallest absolute Gasteiger partial charge is 0.270 e. The molecule has 1 saturated heterocycles. The van der Waals surface area contributed by atoms with E-state index in [1.807, 2.05) is 36.5 Å². The molecule has 6 rings (SSSR count). The van der Waals surface area contributed by atoms with Gasteiger partial charge in [-0.05, 0) is 67.8 Å². The Hall–Kier alpha value is -4.11. The fourth-order valence-electron chi connectivity index (χ4n) is 5.54. The Labute approximate surface area is 227 Å². The number of nitrogens with zero attached hydrogens (tertiary/aromatic N) is 7. The molecule has 5 aromatic rings. The van der Waals surface area contributed by atoms with Crippen LogP contribution in [0.3, 0.4) is 0 Å². The molecule has 2 aromatic carbocycles. The zero-order valence-corrected chi connectivity index (χ0v) is 22.5. The molecule has 0 spiro atoms. The van der Waals surface area contributed by atoms with Gasteiger partial charge in [-0.15, -0.1) is 0 Å². The van der Waals surface area contributed by atoms with Crippen LogP contribution in [0, 0.1) is 6.92 Å². The highest BCUT2D eigenvalue weighted by molar-refractivity contribution is 6.12. The molecule has 0 unspecified atom stereocenters. The Bertz CT molecular complexity index is 1600. The number of piperidine rings is 1. The summed E-state index contributed by atoms with van der Waals surface area (Å²) in [5, 5.41) is 6.01. The van der Waals surface area contributed by atoms with Crippen LogP contribution in [0.2, 0.25) is 0 Å². The van der Waals surface area contributed by atoms with Crippen molar-refractivity contribution in [2.24, 2.45) is 0 Å². The first-order valence-electron chi connectivity index (χ1n) is 13.7. The molecule has 4 heterocycles. The van der Waals surface area contributed by atoms with E-state index in [1.165, 1.54) is 32.4 Å². The molecule has 1 aliphatic heterocycles. The predicted molar refractivity (Wildman–Crippen MR) is 152 cm³/mol. The number of likely N-dealkylation sites (tertiary alicyclic amines) is 1. The Morgan fingerprint density at radius 1 is 1.03 bits per heavy atom. The van der Waals surface area contributed by atoms with E-state index < -0.39 is 0 Å². The Balaban J connectivity index is 1.36. The molecular weight excluding hydrogens is 490 g/mol. The van der Waals surface area contributed by atoms with Gasteiger partial charge in [-0.1, -0.05) is 36.8 Å². The number of fused-ring (bicyclic) bond motifs is 3. The third kappa shape index (κ3) is 5.27. The Kier molecular flexibility index (Phi) is 7.06. The van der Waals surface area contributed by atoms with Crippen LogP contribution in [-0.2, 0) is 6.42 Å². The topological polar surface area (TPSA) is 93.2 Å². The van der Waals surface area contributed by atoms with E-state index in [2.05, 4.69) is 43.1 Å². The van der Waals surface area contributed by atoms with E-state index >= 15 is 0 Å². The van der Waals surface area contributed by atoms with Gasteiger partial charge in [0.15, 0.2) is 5.65 Å². The van der Waals surface area contributed by atoms with Crippen molar-refractivity contribution < 1.29 is 9.32 Å². The average Bonchev–Trinajstić information content (AvgIpc) is 3.52. The number of carbonyl (C=O) groups is 1. The number of aryl methyl sites for hydroxylation is 1. The van der Waals surface area contributed by atoms with Gasteiger partial charge in [0.2, 0.25) is 11.8 Å². The summed E-state index contributed by atoms with van der Waals surface area (Å²) in [6.07, 6.45) is 7.28. The number of anilines is 2. The average molecular weight is 524 g/mol. The third-order valence-corrected chi connectivity index (χ3v) is 7.44. The number of aromatic nitrogens is 5. The number of benzene rings is 2. The lowest BCUT2D eigenvalue weighted by Gasteiger charge is -2.28. The van der Waals surface area contributed by atoms with Crippen molar-refractivity contribution in [3.8, 4) is 0 Å². The summed E-state index contributed by atoms with van der Waals surface area (Å²) in [4.78, 5) is 31.6. The molecular formula is C30H33N7O2. The lowest BCUT2D eigenvalue weighted by atomic mass is 10.1. The largest absolute Gasteiger partial charge is 0.338 e. The Morgan fingerprint density at radius 2 is 1.85 bits per heavy atom. The summed E-state index contributed by atoms with van der Waals surface area (Å²) in [5.74, 6) is 1.64. The van der Waals surface area contributed by atoms with E-state index in [1.54, 1.807) is 18.4 Å². The van der Waals surface area contributed by atoms with Crippen LogP contribution >= 0.6 is 0 Å². The van der Waals surface area contributed by atoms with Crippen molar-refractivity contribution in [1.29, 1.82) is 0 Å². The van der Waals surface area contributed by atoms with Crippen LogP contribution in [0.25, 0.3) is 21.9 Å². The molecule has 0 radical (unpaired) electrons. The molecule has 0 amide bonds. The van der Waals surface area contributed by atoms with Gasteiger partial charge >= 0.3 is 0 Å². The molecule has 0 bridgehead atoms. The molecule has 0 saturated carbocycles. The van der Waals surface area contributed by atoms with E-state index in [9.17, 15) is 4.79 Å². The quantitative estimate of drug-likeness (QED) is 0.262. The molecule has 1 fully saturated rings. The maximum atomic E-state index is 12.9. The molecule has 200 valence electrons. The highest BCUT2D eigenvalue weighted by Crippen LogP contribution is 2.33. The monoisotopic (exact) mass is 523 g/mol. The van der Waals surface area contributed by atoms with Gasteiger partial charge in [0.1, 0.15) is 5.82 Å². The van der Waals surface area contributed by atoms with E-state index in [4.69, 9.17) is 9.51 Å². The molecule has 9 nitrogen and oxygen atoms in total. The number of hydrogen-bond acceptors (Lipinski definition) is 8. The zero-order chi connectivity index (χ0) is 26.8. The fraction of sp³-hybridized carbons (Fsp3) is 0.367. The maximum Gasteiger partial charge on any atom is 0.270 e. The van der Waals surface area contributed by atoms with Crippen molar-refractivity contribution in [2.75, 3.05) is 31.1 Å². The summed E-state index contributed by atoms with van der Waals surface area (Å²) in [6.45, 7) is 7.47. The Morgan fingerprint density at radius 3 is 2.59 bits per heavy atom. The minimum Gasteiger partial charge on any atom is -0.338 e. The van der Waals surface area contributed by atoms with Gasteiger partial charge in [-0.25, -0.2) is 9.97 Å². The molecule has 0 N–H and O–H groups in total. The van der Waals surface area contributed by atoms with Crippen molar-refractivity contribution in [2.45, 2.75) is 46.0 Å². The first kappa shape index (κ1) is 25.2. The molecule has 0 aliphatic carbocycles. The van der Waals surface area contributed by atoms with Crippen molar-refractivity contribution >= 4 is 39.5 Å². The summed E-state index contributed by atoms with van der Waals surface area (Å²) in [6, 6.07) is 16.2.